The van der Waals surface area contributed by atoms with E-state index in [-0.39, 0.29) is 11.4 Å². The van der Waals surface area contributed by atoms with E-state index in [1.807, 2.05) is 0 Å². The molecule has 8 heteroatoms. The molecular weight excluding hydrogens is 353 g/mol. The molecule has 0 aliphatic rings. The highest BCUT2D eigenvalue weighted by Gasteiger charge is 2.35. The number of hydrogen-bond acceptors (Lipinski definition) is 2. The van der Waals surface area contributed by atoms with Gasteiger partial charge in [-0.25, -0.2) is 8.89 Å². The van der Waals surface area contributed by atoms with Crippen molar-refractivity contribution >= 4 is 11.1 Å². The number of halogens is 3. The highest BCUT2D eigenvalue weighted by atomic mass is 32.2. The number of para-hydroxylation sites is 1. The fraction of sp³-hybridized carbons (Fsp3) is 0.118. The van der Waals surface area contributed by atoms with Gasteiger partial charge in [-0.3, -0.25) is 0 Å². The van der Waals surface area contributed by atoms with E-state index in [0.29, 0.717) is 16.8 Å². The molecule has 1 atom stereocenters. The summed E-state index contributed by atoms with van der Waals surface area (Å²) in [5, 5.41) is 3.70. The van der Waals surface area contributed by atoms with Crippen LogP contribution in [-0.2, 0) is 23.0 Å². The molecule has 25 heavy (non-hydrogen) atoms. The van der Waals surface area contributed by atoms with Gasteiger partial charge in [0.15, 0.2) is 16.8 Å². The van der Waals surface area contributed by atoms with Crippen molar-refractivity contribution in [3.63, 3.8) is 0 Å². The average Bonchev–Trinajstić information content (AvgIpc) is 3.01. The number of alkyl halides is 3. The highest BCUT2D eigenvalue weighted by Crippen LogP contribution is 2.33. The normalized spacial score (nSPS) is 13.0. The van der Waals surface area contributed by atoms with Gasteiger partial charge < -0.3 is 4.55 Å². The molecule has 0 amide bonds. The van der Waals surface area contributed by atoms with E-state index < -0.39 is 23.0 Å². The lowest BCUT2D eigenvalue weighted by molar-refractivity contribution is -0.141. The van der Waals surface area contributed by atoms with Crippen LogP contribution >= 0.6 is 0 Å². The van der Waals surface area contributed by atoms with Gasteiger partial charge in [-0.2, -0.15) is 18.3 Å². The summed E-state index contributed by atoms with van der Waals surface area (Å²) in [6, 6.07) is 16.0. The topological polar surface area (TPSA) is 55.1 Å². The monoisotopic (exact) mass is 366 g/mol. The molecule has 4 nitrogen and oxygen atoms in total. The Morgan fingerprint density at radius 1 is 1.04 bits per heavy atom. The van der Waals surface area contributed by atoms with Crippen molar-refractivity contribution in [3.8, 4) is 16.9 Å². The van der Waals surface area contributed by atoms with Gasteiger partial charge in [0.2, 0.25) is 0 Å². The molecule has 1 heterocycles. The fourth-order valence-corrected chi connectivity index (χ4v) is 2.88. The number of benzene rings is 2. The Balaban J connectivity index is 2.08. The van der Waals surface area contributed by atoms with Crippen LogP contribution in [0.2, 0.25) is 0 Å². The van der Waals surface area contributed by atoms with Gasteiger partial charge >= 0.3 is 6.18 Å². The lowest BCUT2D eigenvalue weighted by Gasteiger charge is -2.08. The Bertz CT molecular complexity index is 891. The summed E-state index contributed by atoms with van der Waals surface area (Å²) in [6.45, 7) is 0. The molecule has 3 rings (SSSR count). The van der Waals surface area contributed by atoms with Gasteiger partial charge in [0.25, 0.3) is 0 Å². The third-order valence-electron chi connectivity index (χ3n) is 3.54. The summed E-state index contributed by atoms with van der Waals surface area (Å²) < 4.78 is 60.2. The van der Waals surface area contributed by atoms with Crippen LogP contribution in [0.25, 0.3) is 16.9 Å². The summed E-state index contributed by atoms with van der Waals surface area (Å²) in [5.41, 5.74) is 0.960. The third kappa shape index (κ3) is 3.97. The molecule has 0 aliphatic heterocycles. The van der Waals surface area contributed by atoms with Gasteiger partial charge in [0, 0.05) is 5.56 Å². The standard InChI is InChI=1S/C17H13F3N2O2S/c18-17(19,20)16-10-15(22(21-16)14-4-2-1-3-5-14)13-8-6-12(7-9-13)11-25(23)24/h1-10H,11H2,(H,23,24). The molecule has 1 N–H and O–H groups in total. The zero-order valence-corrected chi connectivity index (χ0v) is 13.6. The van der Waals surface area contributed by atoms with Crippen LogP contribution in [0.3, 0.4) is 0 Å². The molecule has 130 valence electrons. The Hall–Kier alpha value is -2.45. The maximum Gasteiger partial charge on any atom is 0.435 e. The van der Waals surface area contributed by atoms with Gasteiger partial charge in [-0.05, 0) is 23.8 Å². The Labute approximate surface area is 144 Å². The molecule has 1 unspecified atom stereocenters. The SMILES string of the molecule is O=S(O)Cc1ccc(-c2cc(C(F)(F)F)nn2-c2ccccc2)cc1. The molecule has 0 saturated heterocycles. The first-order valence-electron chi connectivity index (χ1n) is 7.24. The minimum Gasteiger partial charge on any atom is -0.306 e. The van der Waals surface area contributed by atoms with Crippen molar-refractivity contribution in [1.29, 1.82) is 0 Å². The molecule has 0 radical (unpaired) electrons. The first-order chi connectivity index (χ1) is 11.8. The van der Waals surface area contributed by atoms with Gasteiger partial charge in [0.05, 0.1) is 17.1 Å². The molecular formula is C17H13F3N2O2S. The molecule has 2 aromatic carbocycles. The maximum absolute atomic E-state index is 13.1. The van der Waals surface area contributed by atoms with Crippen LogP contribution in [0, 0.1) is 0 Å². The van der Waals surface area contributed by atoms with Crippen LogP contribution in [-0.4, -0.2) is 18.5 Å². The van der Waals surface area contributed by atoms with Crippen LogP contribution in [0.5, 0.6) is 0 Å². The van der Waals surface area contributed by atoms with E-state index in [1.54, 1.807) is 54.6 Å². The van der Waals surface area contributed by atoms with Crippen LogP contribution in [0.4, 0.5) is 13.2 Å². The van der Waals surface area contributed by atoms with Crippen molar-refractivity contribution in [2.45, 2.75) is 11.9 Å². The summed E-state index contributed by atoms with van der Waals surface area (Å²) in [5.74, 6) is -0.0357. The van der Waals surface area contributed by atoms with Crippen molar-refractivity contribution < 1.29 is 21.9 Å². The molecule has 0 saturated carbocycles. The molecule has 3 aromatic rings. The Morgan fingerprint density at radius 2 is 1.68 bits per heavy atom. The first-order valence-corrected chi connectivity index (χ1v) is 8.51. The fourth-order valence-electron chi connectivity index (χ4n) is 2.41. The highest BCUT2D eigenvalue weighted by molar-refractivity contribution is 7.78. The second-order valence-corrected chi connectivity index (χ2v) is 6.25. The number of aromatic nitrogens is 2. The van der Waals surface area contributed by atoms with E-state index in [2.05, 4.69) is 5.10 Å². The van der Waals surface area contributed by atoms with Gasteiger partial charge in [-0.15, -0.1) is 0 Å². The zero-order chi connectivity index (χ0) is 18.0. The second kappa shape index (κ2) is 6.81. The van der Waals surface area contributed by atoms with Crippen LogP contribution in [0.15, 0.2) is 60.7 Å². The van der Waals surface area contributed by atoms with Crippen molar-refractivity contribution in [2.75, 3.05) is 0 Å². The van der Waals surface area contributed by atoms with Crippen molar-refractivity contribution in [3.05, 3.63) is 71.9 Å². The molecule has 0 aliphatic carbocycles. The van der Waals surface area contributed by atoms with E-state index in [0.717, 1.165) is 6.07 Å². The quantitative estimate of drug-likeness (QED) is 0.701. The van der Waals surface area contributed by atoms with E-state index in [1.165, 1.54) is 4.68 Å². The van der Waals surface area contributed by atoms with Crippen LogP contribution in [0.1, 0.15) is 11.3 Å². The van der Waals surface area contributed by atoms with E-state index in [4.69, 9.17) is 4.55 Å². The minimum absolute atomic E-state index is 0.0357. The Kier molecular flexibility index (Phi) is 4.73. The minimum atomic E-state index is -4.55. The first kappa shape index (κ1) is 17.4. The summed E-state index contributed by atoms with van der Waals surface area (Å²) >= 11 is -1.98. The zero-order valence-electron chi connectivity index (χ0n) is 12.8. The number of hydrogen-bond donors (Lipinski definition) is 1. The Morgan fingerprint density at radius 3 is 2.24 bits per heavy atom. The summed E-state index contributed by atoms with van der Waals surface area (Å²) in [6.07, 6.45) is -4.55. The molecule has 1 aromatic heterocycles. The maximum atomic E-state index is 13.1. The number of rotatable bonds is 4. The summed E-state index contributed by atoms with van der Waals surface area (Å²) in [4.78, 5) is 0. The smallest absolute Gasteiger partial charge is 0.306 e. The second-order valence-electron chi connectivity index (χ2n) is 5.32. The lowest BCUT2D eigenvalue weighted by Crippen LogP contribution is -2.07. The molecule has 0 spiro atoms. The molecule has 0 fully saturated rings. The number of nitrogens with zero attached hydrogens (tertiary/aromatic N) is 2. The summed E-state index contributed by atoms with van der Waals surface area (Å²) in [7, 11) is 0. The van der Waals surface area contributed by atoms with E-state index >= 15 is 0 Å². The average molecular weight is 366 g/mol. The van der Waals surface area contributed by atoms with E-state index in [9.17, 15) is 17.4 Å². The van der Waals surface area contributed by atoms with Crippen LogP contribution < -0.4 is 0 Å². The van der Waals surface area contributed by atoms with Crippen molar-refractivity contribution in [1.82, 2.24) is 9.78 Å². The van der Waals surface area contributed by atoms with Gasteiger partial charge in [0.1, 0.15) is 0 Å². The third-order valence-corrected chi connectivity index (χ3v) is 4.12. The van der Waals surface area contributed by atoms with Gasteiger partial charge in [-0.1, -0.05) is 42.5 Å². The predicted molar refractivity (Wildman–Crippen MR) is 88.5 cm³/mol. The predicted octanol–water partition coefficient (Wildman–Crippen LogP) is 4.28. The molecule has 0 bridgehead atoms. The lowest BCUT2D eigenvalue weighted by atomic mass is 10.1. The van der Waals surface area contributed by atoms with Crippen molar-refractivity contribution in [2.24, 2.45) is 0 Å². The largest absolute Gasteiger partial charge is 0.435 e.